The third-order valence-electron chi connectivity index (χ3n) is 2.96. The molecular weight excluding hydrogens is 346 g/mol. The van der Waals surface area contributed by atoms with E-state index >= 15 is 0 Å². The van der Waals surface area contributed by atoms with E-state index in [1.54, 1.807) is 6.20 Å². The number of nitrogens with one attached hydrogen (secondary N) is 2. The van der Waals surface area contributed by atoms with Gasteiger partial charge in [0.25, 0.3) is 0 Å². The highest BCUT2D eigenvalue weighted by Gasteiger charge is 2.04. The van der Waals surface area contributed by atoms with Gasteiger partial charge in [-0.15, -0.1) is 0 Å². The predicted molar refractivity (Wildman–Crippen MR) is 95.7 cm³/mol. The summed E-state index contributed by atoms with van der Waals surface area (Å²) < 4.78 is 1.00. The second-order valence-corrected chi connectivity index (χ2v) is 5.79. The number of hydrogen-bond acceptors (Lipinski definition) is 2. The molecule has 104 valence electrons. The van der Waals surface area contributed by atoms with Crippen molar-refractivity contribution < 1.29 is 0 Å². The zero-order valence-electron chi connectivity index (χ0n) is 11.0. The number of anilines is 2. The number of fused-ring (bicyclic) bond motifs is 1. The smallest absolute Gasteiger partial charge is 0.175 e. The molecule has 0 fully saturated rings. The molecule has 0 amide bonds. The Kier molecular flexibility index (Phi) is 4.13. The van der Waals surface area contributed by atoms with Crippen molar-refractivity contribution in [1.29, 1.82) is 0 Å². The molecule has 3 rings (SSSR count). The van der Waals surface area contributed by atoms with Gasteiger partial charge in [-0.3, -0.25) is 4.98 Å². The standard InChI is InChI=1S/C16H12BrN3S/c17-12-6-2-7-13(10-12)19-16(21)20-14-8-1-4-11-5-3-9-18-15(11)14/h1-10H,(H2,19,20,21). The minimum Gasteiger partial charge on any atom is -0.332 e. The van der Waals surface area contributed by atoms with Crippen molar-refractivity contribution in [2.75, 3.05) is 10.6 Å². The van der Waals surface area contributed by atoms with Crippen LogP contribution in [0.3, 0.4) is 0 Å². The first-order valence-electron chi connectivity index (χ1n) is 6.40. The number of rotatable bonds is 2. The molecule has 0 aliphatic rings. The van der Waals surface area contributed by atoms with Crippen LogP contribution < -0.4 is 10.6 Å². The molecule has 0 unspecified atom stereocenters. The maximum atomic E-state index is 5.36. The molecule has 0 saturated carbocycles. The van der Waals surface area contributed by atoms with Gasteiger partial charge in [-0.2, -0.15) is 0 Å². The Balaban J connectivity index is 1.80. The van der Waals surface area contributed by atoms with E-state index in [-0.39, 0.29) is 0 Å². The molecule has 0 bridgehead atoms. The van der Waals surface area contributed by atoms with Crippen LogP contribution in [-0.2, 0) is 0 Å². The van der Waals surface area contributed by atoms with Crippen molar-refractivity contribution >= 4 is 55.5 Å². The van der Waals surface area contributed by atoms with E-state index in [4.69, 9.17) is 12.2 Å². The van der Waals surface area contributed by atoms with Crippen molar-refractivity contribution in [3.05, 3.63) is 65.3 Å². The summed E-state index contributed by atoms with van der Waals surface area (Å²) in [5.41, 5.74) is 2.72. The summed E-state index contributed by atoms with van der Waals surface area (Å²) in [6.07, 6.45) is 1.78. The number of halogens is 1. The Bertz CT molecular complexity index is 799. The molecule has 5 heteroatoms. The van der Waals surface area contributed by atoms with Gasteiger partial charge >= 0.3 is 0 Å². The zero-order chi connectivity index (χ0) is 14.7. The molecule has 1 heterocycles. The van der Waals surface area contributed by atoms with Gasteiger partial charge in [0.1, 0.15) is 0 Å². The second-order valence-electron chi connectivity index (χ2n) is 4.47. The third kappa shape index (κ3) is 3.37. The van der Waals surface area contributed by atoms with Crippen LogP contribution in [0, 0.1) is 0 Å². The zero-order valence-corrected chi connectivity index (χ0v) is 13.4. The average Bonchev–Trinajstić information content (AvgIpc) is 2.47. The van der Waals surface area contributed by atoms with Crippen LogP contribution in [0.2, 0.25) is 0 Å². The lowest BCUT2D eigenvalue weighted by Crippen LogP contribution is -2.19. The average molecular weight is 358 g/mol. The Labute approximate surface area is 136 Å². The monoisotopic (exact) mass is 357 g/mol. The lowest BCUT2D eigenvalue weighted by atomic mass is 10.2. The molecule has 21 heavy (non-hydrogen) atoms. The molecule has 0 saturated heterocycles. The van der Waals surface area contributed by atoms with Crippen LogP contribution >= 0.6 is 28.1 Å². The van der Waals surface area contributed by atoms with Crippen LogP contribution in [0.1, 0.15) is 0 Å². The van der Waals surface area contributed by atoms with Gasteiger partial charge in [0.05, 0.1) is 11.2 Å². The highest BCUT2D eigenvalue weighted by molar-refractivity contribution is 9.10. The van der Waals surface area contributed by atoms with Gasteiger partial charge in [0.2, 0.25) is 0 Å². The molecule has 0 aliphatic heterocycles. The predicted octanol–water partition coefficient (Wildman–Crippen LogP) is 4.81. The molecule has 0 spiro atoms. The summed E-state index contributed by atoms with van der Waals surface area (Å²) in [6.45, 7) is 0. The first kappa shape index (κ1) is 14.0. The third-order valence-corrected chi connectivity index (χ3v) is 3.66. The minimum absolute atomic E-state index is 0.534. The highest BCUT2D eigenvalue weighted by Crippen LogP contribution is 2.21. The Hall–Kier alpha value is -1.98. The van der Waals surface area contributed by atoms with Crippen molar-refractivity contribution in [2.45, 2.75) is 0 Å². The van der Waals surface area contributed by atoms with Crippen molar-refractivity contribution in [3.8, 4) is 0 Å². The quantitative estimate of drug-likeness (QED) is 0.645. The van der Waals surface area contributed by atoms with E-state index in [0.717, 1.165) is 26.8 Å². The maximum Gasteiger partial charge on any atom is 0.175 e. The number of thiocarbonyl (C=S) groups is 1. The molecule has 2 aromatic carbocycles. The van der Waals surface area contributed by atoms with Crippen molar-refractivity contribution in [3.63, 3.8) is 0 Å². The number of para-hydroxylation sites is 1. The molecule has 0 radical (unpaired) electrons. The van der Waals surface area contributed by atoms with Crippen LogP contribution in [0.25, 0.3) is 10.9 Å². The van der Waals surface area contributed by atoms with E-state index in [0.29, 0.717) is 5.11 Å². The van der Waals surface area contributed by atoms with Crippen LogP contribution in [-0.4, -0.2) is 10.1 Å². The molecule has 0 atom stereocenters. The molecule has 3 aromatic rings. The number of hydrogen-bond donors (Lipinski definition) is 2. The first-order valence-corrected chi connectivity index (χ1v) is 7.60. The van der Waals surface area contributed by atoms with Crippen LogP contribution in [0.4, 0.5) is 11.4 Å². The highest BCUT2D eigenvalue weighted by atomic mass is 79.9. The van der Waals surface area contributed by atoms with Crippen LogP contribution in [0.5, 0.6) is 0 Å². The summed E-state index contributed by atoms with van der Waals surface area (Å²) in [5, 5.41) is 7.96. The Morgan fingerprint density at radius 1 is 1.00 bits per heavy atom. The van der Waals surface area contributed by atoms with E-state index in [1.807, 2.05) is 54.6 Å². The molecule has 1 aromatic heterocycles. The van der Waals surface area contributed by atoms with E-state index < -0.39 is 0 Å². The van der Waals surface area contributed by atoms with Gasteiger partial charge in [-0.05, 0) is 42.5 Å². The molecular formula is C16H12BrN3S. The van der Waals surface area contributed by atoms with Gasteiger partial charge in [-0.1, -0.05) is 40.2 Å². The van der Waals surface area contributed by atoms with E-state index in [1.165, 1.54) is 0 Å². The molecule has 3 nitrogen and oxygen atoms in total. The SMILES string of the molecule is S=C(Nc1cccc(Br)c1)Nc1cccc2cccnc12. The molecule has 2 N–H and O–H groups in total. The van der Waals surface area contributed by atoms with Crippen LogP contribution in [0.15, 0.2) is 65.3 Å². The first-order chi connectivity index (χ1) is 10.2. The lowest BCUT2D eigenvalue weighted by Gasteiger charge is -2.12. The van der Waals surface area contributed by atoms with E-state index in [2.05, 4.69) is 31.5 Å². The summed E-state index contributed by atoms with van der Waals surface area (Å²) in [7, 11) is 0. The summed E-state index contributed by atoms with van der Waals surface area (Å²) >= 11 is 8.80. The summed E-state index contributed by atoms with van der Waals surface area (Å²) in [6, 6.07) is 17.8. The fourth-order valence-corrected chi connectivity index (χ4v) is 2.68. The Morgan fingerprint density at radius 3 is 2.67 bits per heavy atom. The topological polar surface area (TPSA) is 37.0 Å². The number of aromatic nitrogens is 1. The largest absolute Gasteiger partial charge is 0.332 e. The second kappa shape index (κ2) is 6.20. The maximum absolute atomic E-state index is 5.36. The number of nitrogens with zero attached hydrogens (tertiary/aromatic N) is 1. The summed E-state index contributed by atoms with van der Waals surface area (Å²) in [5.74, 6) is 0. The fourth-order valence-electron chi connectivity index (χ4n) is 2.06. The summed E-state index contributed by atoms with van der Waals surface area (Å²) in [4.78, 5) is 4.40. The minimum atomic E-state index is 0.534. The Morgan fingerprint density at radius 2 is 1.81 bits per heavy atom. The normalized spacial score (nSPS) is 10.3. The lowest BCUT2D eigenvalue weighted by molar-refractivity contribution is 1.41. The fraction of sp³-hybridized carbons (Fsp3) is 0. The van der Waals surface area contributed by atoms with Crippen molar-refractivity contribution in [2.24, 2.45) is 0 Å². The number of pyridine rings is 1. The van der Waals surface area contributed by atoms with Gasteiger partial charge in [-0.25, -0.2) is 0 Å². The van der Waals surface area contributed by atoms with Gasteiger partial charge < -0.3 is 10.6 Å². The van der Waals surface area contributed by atoms with Gasteiger partial charge in [0.15, 0.2) is 5.11 Å². The number of benzene rings is 2. The van der Waals surface area contributed by atoms with E-state index in [9.17, 15) is 0 Å². The van der Waals surface area contributed by atoms with Crippen molar-refractivity contribution in [1.82, 2.24) is 4.98 Å². The molecule has 0 aliphatic carbocycles. The van der Waals surface area contributed by atoms with Gasteiger partial charge in [0, 0.05) is 21.7 Å².